The summed E-state index contributed by atoms with van der Waals surface area (Å²) in [4.78, 5) is 42.5. The van der Waals surface area contributed by atoms with Gasteiger partial charge >= 0.3 is 0 Å². The van der Waals surface area contributed by atoms with Gasteiger partial charge in [0.05, 0.1) is 6.26 Å². The lowest BCUT2D eigenvalue weighted by atomic mass is 9.95. The Labute approximate surface area is 175 Å². The predicted octanol–water partition coefficient (Wildman–Crippen LogP) is 2.38. The lowest BCUT2D eigenvalue weighted by molar-refractivity contribution is -0.134. The minimum atomic E-state index is -0.278. The molecule has 3 rings (SSSR count). The number of piperidine rings is 1. The van der Waals surface area contributed by atoms with E-state index < -0.39 is 0 Å². The number of carbonyl (C=O) groups excluding carboxylic acids is 3. The molecule has 3 heterocycles. The Balaban J connectivity index is 1.35. The van der Waals surface area contributed by atoms with Crippen LogP contribution in [0, 0.1) is 12.8 Å². The zero-order valence-electron chi connectivity index (χ0n) is 17.0. The predicted molar refractivity (Wildman–Crippen MR) is 112 cm³/mol. The summed E-state index contributed by atoms with van der Waals surface area (Å²) in [7, 11) is 0. The van der Waals surface area contributed by atoms with Crippen LogP contribution in [0.3, 0.4) is 0 Å². The van der Waals surface area contributed by atoms with Crippen molar-refractivity contribution in [3.8, 4) is 0 Å². The molecule has 0 aromatic carbocycles. The van der Waals surface area contributed by atoms with Crippen molar-refractivity contribution >= 4 is 29.6 Å². The zero-order chi connectivity index (χ0) is 21.3. The maximum absolute atomic E-state index is 12.4. The molecule has 2 aromatic heterocycles. The lowest BCUT2D eigenvalue weighted by Gasteiger charge is -2.31. The highest BCUT2D eigenvalue weighted by molar-refractivity contribution is 5.92. The number of aryl methyl sites for hydroxylation is 1. The van der Waals surface area contributed by atoms with Gasteiger partial charge in [0.2, 0.25) is 17.7 Å². The van der Waals surface area contributed by atoms with Crippen molar-refractivity contribution in [3.63, 3.8) is 0 Å². The molecule has 0 saturated carbocycles. The Morgan fingerprint density at radius 3 is 2.70 bits per heavy atom. The highest BCUT2D eigenvalue weighted by Gasteiger charge is 2.27. The second-order valence-corrected chi connectivity index (χ2v) is 7.25. The zero-order valence-corrected chi connectivity index (χ0v) is 17.0. The topological polar surface area (TPSA) is 105 Å². The van der Waals surface area contributed by atoms with E-state index in [2.05, 4.69) is 15.6 Å². The molecule has 0 spiro atoms. The summed E-state index contributed by atoms with van der Waals surface area (Å²) in [6.45, 7) is 3.27. The van der Waals surface area contributed by atoms with Crippen LogP contribution in [0.5, 0.6) is 0 Å². The molecule has 8 nitrogen and oxygen atoms in total. The van der Waals surface area contributed by atoms with Gasteiger partial charge in [-0.15, -0.1) is 0 Å². The molecule has 0 radical (unpaired) electrons. The molecule has 0 atom stereocenters. The van der Waals surface area contributed by atoms with E-state index in [0.717, 1.165) is 5.56 Å². The van der Waals surface area contributed by atoms with Crippen molar-refractivity contribution in [2.75, 3.05) is 25.0 Å². The first-order valence-electron chi connectivity index (χ1n) is 10.0. The fraction of sp³-hybridized carbons (Fsp3) is 0.364. The Morgan fingerprint density at radius 2 is 2.03 bits per heavy atom. The van der Waals surface area contributed by atoms with Gasteiger partial charge in [0.1, 0.15) is 11.6 Å². The van der Waals surface area contributed by atoms with E-state index >= 15 is 0 Å². The first kappa shape index (κ1) is 21.3. The molecule has 0 unspecified atom stereocenters. The number of pyridine rings is 1. The average Bonchev–Trinajstić information content (AvgIpc) is 3.27. The number of likely N-dealkylation sites (tertiary alicyclic amines) is 1. The Kier molecular flexibility index (Phi) is 7.37. The summed E-state index contributed by atoms with van der Waals surface area (Å²) in [6.07, 6.45) is 7.63. The highest BCUT2D eigenvalue weighted by atomic mass is 16.3. The molecule has 0 aliphatic carbocycles. The van der Waals surface area contributed by atoms with Crippen molar-refractivity contribution in [3.05, 3.63) is 54.1 Å². The van der Waals surface area contributed by atoms with Crippen LogP contribution in [-0.4, -0.2) is 47.2 Å². The summed E-state index contributed by atoms with van der Waals surface area (Å²) >= 11 is 0. The van der Waals surface area contributed by atoms with Gasteiger partial charge in [0.25, 0.3) is 0 Å². The average molecular weight is 410 g/mol. The molecular formula is C22H26N4O4. The van der Waals surface area contributed by atoms with E-state index in [1.54, 1.807) is 35.4 Å². The molecule has 3 amide bonds. The number of hydrogen-bond acceptors (Lipinski definition) is 5. The van der Waals surface area contributed by atoms with E-state index in [-0.39, 0.29) is 36.6 Å². The van der Waals surface area contributed by atoms with Gasteiger partial charge in [-0.05, 0) is 49.6 Å². The molecule has 8 heteroatoms. The quantitative estimate of drug-likeness (QED) is 0.682. The third-order valence-corrected chi connectivity index (χ3v) is 4.96. The molecule has 1 aliphatic heterocycles. The number of rotatable bonds is 7. The molecular weight excluding hydrogens is 384 g/mol. The summed E-state index contributed by atoms with van der Waals surface area (Å²) in [6, 6.07) is 7.16. The number of hydrogen-bond donors (Lipinski definition) is 2. The van der Waals surface area contributed by atoms with Gasteiger partial charge in [-0.3, -0.25) is 14.4 Å². The SMILES string of the molecule is Cc1ccc(NC(=O)C2CCN(C(=O)CCNC(=O)/C=C/c3ccco3)CC2)nc1. The second kappa shape index (κ2) is 10.4. The third-order valence-electron chi connectivity index (χ3n) is 4.96. The van der Waals surface area contributed by atoms with Gasteiger partial charge in [-0.25, -0.2) is 4.98 Å². The third kappa shape index (κ3) is 6.30. The number of nitrogens with one attached hydrogen (secondary N) is 2. The molecule has 30 heavy (non-hydrogen) atoms. The van der Waals surface area contributed by atoms with Crippen LogP contribution in [0.15, 0.2) is 47.2 Å². The number of furan rings is 1. The van der Waals surface area contributed by atoms with Crippen LogP contribution in [-0.2, 0) is 14.4 Å². The molecule has 0 bridgehead atoms. The van der Waals surface area contributed by atoms with Gasteiger partial charge in [0.15, 0.2) is 0 Å². The van der Waals surface area contributed by atoms with Gasteiger partial charge in [-0.2, -0.15) is 0 Å². The normalized spacial score (nSPS) is 14.6. The van der Waals surface area contributed by atoms with Gasteiger partial charge in [-0.1, -0.05) is 6.07 Å². The first-order chi connectivity index (χ1) is 14.5. The number of nitrogens with zero attached hydrogens (tertiary/aromatic N) is 2. The van der Waals surface area contributed by atoms with E-state index in [4.69, 9.17) is 4.42 Å². The fourth-order valence-electron chi connectivity index (χ4n) is 3.21. The maximum atomic E-state index is 12.4. The fourth-order valence-corrected chi connectivity index (χ4v) is 3.21. The number of anilines is 1. The summed E-state index contributed by atoms with van der Waals surface area (Å²) in [5, 5.41) is 5.52. The number of aromatic nitrogens is 1. The van der Waals surface area contributed by atoms with Crippen molar-refractivity contribution < 1.29 is 18.8 Å². The van der Waals surface area contributed by atoms with Crippen LogP contribution in [0.2, 0.25) is 0 Å². The molecule has 1 saturated heterocycles. The van der Waals surface area contributed by atoms with Crippen LogP contribution in [0.4, 0.5) is 5.82 Å². The number of amides is 3. The van der Waals surface area contributed by atoms with E-state index in [0.29, 0.717) is 37.5 Å². The molecule has 2 aromatic rings. The van der Waals surface area contributed by atoms with Crippen molar-refractivity contribution in [2.45, 2.75) is 26.2 Å². The van der Waals surface area contributed by atoms with Gasteiger partial charge < -0.3 is 20.0 Å². The monoisotopic (exact) mass is 410 g/mol. The summed E-state index contributed by atoms with van der Waals surface area (Å²) in [5.41, 5.74) is 1.03. The molecule has 158 valence electrons. The standard InChI is InChI=1S/C22H26N4O4/c1-16-4-6-19(24-15-16)25-22(29)17-9-12-26(13-10-17)21(28)8-11-23-20(27)7-5-18-3-2-14-30-18/h2-7,14-15,17H,8-13H2,1H3,(H,23,27)(H,24,25,29)/b7-5+. The first-order valence-corrected chi connectivity index (χ1v) is 10.0. The van der Waals surface area contributed by atoms with E-state index in [9.17, 15) is 14.4 Å². The minimum absolute atomic E-state index is 0.0237. The van der Waals surface area contributed by atoms with Crippen molar-refractivity contribution in [1.82, 2.24) is 15.2 Å². The Morgan fingerprint density at radius 1 is 1.23 bits per heavy atom. The maximum Gasteiger partial charge on any atom is 0.244 e. The van der Waals surface area contributed by atoms with Gasteiger partial charge in [0, 0.05) is 44.2 Å². The second-order valence-electron chi connectivity index (χ2n) is 7.25. The smallest absolute Gasteiger partial charge is 0.244 e. The summed E-state index contributed by atoms with van der Waals surface area (Å²) < 4.78 is 5.11. The Hall–Kier alpha value is -3.42. The van der Waals surface area contributed by atoms with Crippen LogP contribution < -0.4 is 10.6 Å². The van der Waals surface area contributed by atoms with Crippen LogP contribution >= 0.6 is 0 Å². The van der Waals surface area contributed by atoms with E-state index in [1.165, 1.54) is 12.3 Å². The van der Waals surface area contributed by atoms with Crippen LogP contribution in [0.25, 0.3) is 6.08 Å². The highest BCUT2D eigenvalue weighted by Crippen LogP contribution is 2.19. The molecule has 1 aliphatic rings. The van der Waals surface area contributed by atoms with Crippen molar-refractivity contribution in [1.29, 1.82) is 0 Å². The Bertz CT molecular complexity index is 882. The number of carbonyl (C=O) groups is 3. The minimum Gasteiger partial charge on any atom is -0.465 e. The molecule has 1 fully saturated rings. The van der Waals surface area contributed by atoms with E-state index in [1.807, 2.05) is 13.0 Å². The van der Waals surface area contributed by atoms with Crippen molar-refractivity contribution in [2.24, 2.45) is 5.92 Å². The van der Waals surface area contributed by atoms with Crippen LogP contribution in [0.1, 0.15) is 30.6 Å². The largest absolute Gasteiger partial charge is 0.465 e. The molecule has 2 N–H and O–H groups in total. The lowest BCUT2D eigenvalue weighted by Crippen LogP contribution is -2.42. The summed E-state index contributed by atoms with van der Waals surface area (Å²) in [5.74, 6) is 0.633.